The van der Waals surface area contributed by atoms with E-state index >= 15 is 0 Å². The van der Waals surface area contributed by atoms with Crippen LogP contribution in [0, 0.1) is 11.3 Å². The topological polar surface area (TPSA) is 61.8 Å². The van der Waals surface area contributed by atoms with Crippen LogP contribution in [-0.2, 0) is 23.8 Å². The van der Waals surface area contributed by atoms with E-state index in [0.717, 1.165) is 18.4 Å². The minimum Gasteiger partial charge on any atom is -0.468 e. The molecule has 0 aromatic rings. The van der Waals surface area contributed by atoms with Gasteiger partial charge in [-0.05, 0) is 46.5 Å². The Morgan fingerprint density at radius 1 is 1.25 bits per heavy atom. The molecule has 0 amide bonds. The van der Waals surface area contributed by atoms with Crippen LogP contribution >= 0.6 is 0 Å². The number of hydrogen-bond acceptors (Lipinski definition) is 5. The summed E-state index contributed by atoms with van der Waals surface area (Å²) in [6.45, 7) is 10.2. The van der Waals surface area contributed by atoms with Crippen molar-refractivity contribution in [2.24, 2.45) is 11.3 Å². The first-order valence-electron chi connectivity index (χ1n) is 8.20. The van der Waals surface area contributed by atoms with E-state index in [1.54, 1.807) is 7.11 Å². The minimum atomic E-state index is -1.32. The van der Waals surface area contributed by atoms with Crippen molar-refractivity contribution in [1.82, 2.24) is 0 Å². The standard InChI is InChI=1S/C19H30O5/c1-13(2)9-8-10-18(4,24-7)15-12-19(11-14(15)3,16(20)22-5)17(21)23-6/h9,15H,3,8,10-12H2,1-2,4-7H3/t15?,18-/m0/s1. The van der Waals surface area contributed by atoms with E-state index in [0.29, 0.717) is 6.42 Å². The molecule has 1 unspecified atom stereocenters. The van der Waals surface area contributed by atoms with Crippen molar-refractivity contribution in [2.75, 3.05) is 21.3 Å². The molecule has 0 aromatic carbocycles. The van der Waals surface area contributed by atoms with Gasteiger partial charge in [0.05, 0.1) is 19.8 Å². The van der Waals surface area contributed by atoms with Crippen LogP contribution in [0.5, 0.6) is 0 Å². The summed E-state index contributed by atoms with van der Waals surface area (Å²) in [5, 5.41) is 0. The third kappa shape index (κ3) is 3.89. The van der Waals surface area contributed by atoms with Crippen LogP contribution in [0.4, 0.5) is 0 Å². The molecule has 24 heavy (non-hydrogen) atoms. The highest BCUT2D eigenvalue weighted by Gasteiger charge is 2.58. The van der Waals surface area contributed by atoms with Crippen molar-refractivity contribution in [3.8, 4) is 0 Å². The summed E-state index contributed by atoms with van der Waals surface area (Å²) in [6, 6.07) is 0. The second kappa shape index (κ2) is 7.97. The predicted octanol–water partition coefficient (Wildman–Crippen LogP) is 3.44. The van der Waals surface area contributed by atoms with Crippen LogP contribution in [0.2, 0.25) is 0 Å². The molecule has 0 aliphatic heterocycles. The van der Waals surface area contributed by atoms with E-state index in [-0.39, 0.29) is 12.3 Å². The van der Waals surface area contributed by atoms with Crippen LogP contribution in [0.25, 0.3) is 0 Å². The third-order valence-electron chi connectivity index (χ3n) is 5.12. The Morgan fingerprint density at radius 3 is 2.21 bits per heavy atom. The normalized spacial score (nSPS) is 21.8. The monoisotopic (exact) mass is 338 g/mol. The Kier molecular flexibility index (Phi) is 6.78. The minimum absolute atomic E-state index is 0.119. The molecule has 2 atom stereocenters. The Bertz CT molecular complexity index is 514. The van der Waals surface area contributed by atoms with Crippen molar-refractivity contribution in [1.29, 1.82) is 0 Å². The molecular weight excluding hydrogens is 308 g/mol. The fraction of sp³-hybridized carbons (Fsp3) is 0.684. The van der Waals surface area contributed by atoms with Gasteiger partial charge in [-0.15, -0.1) is 0 Å². The smallest absolute Gasteiger partial charge is 0.323 e. The summed E-state index contributed by atoms with van der Waals surface area (Å²) in [5.41, 5.74) is 0.249. The molecule has 0 radical (unpaired) electrons. The molecule has 0 spiro atoms. The maximum absolute atomic E-state index is 12.3. The van der Waals surface area contributed by atoms with Gasteiger partial charge in [0.15, 0.2) is 5.41 Å². The molecule has 136 valence electrons. The summed E-state index contributed by atoms with van der Waals surface area (Å²) in [4.78, 5) is 24.7. The summed E-state index contributed by atoms with van der Waals surface area (Å²) < 4.78 is 15.6. The van der Waals surface area contributed by atoms with E-state index in [1.807, 2.05) is 6.92 Å². The average Bonchev–Trinajstić information content (AvgIpc) is 2.92. The highest BCUT2D eigenvalue weighted by Crippen LogP contribution is 2.52. The number of carbonyl (C=O) groups is 2. The molecule has 1 rings (SSSR count). The molecule has 0 heterocycles. The number of methoxy groups -OCH3 is 3. The molecule has 0 aromatic heterocycles. The van der Waals surface area contributed by atoms with E-state index in [9.17, 15) is 9.59 Å². The molecule has 1 aliphatic carbocycles. The van der Waals surface area contributed by atoms with Crippen LogP contribution in [0.1, 0.15) is 46.5 Å². The molecule has 5 nitrogen and oxygen atoms in total. The summed E-state index contributed by atoms with van der Waals surface area (Å²) in [6.07, 6.45) is 4.32. The SMILES string of the molecule is C=C1CC(C(=O)OC)(C(=O)OC)CC1[C@](C)(CCC=C(C)C)OC. The van der Waals surface area contributed by atoms with Gasteiger partial charge in [0.2, 0.25) is 0 Å². The predicted molar refractivity (Wildman–Crippen MR) is 92.4 cm³/mol. The Labute approximate surface area is 145 Å². The number of ether oxygens (including phenoxy) is 3. The number of hydrogen-bond donors (Lipinski definition) is 0. The number of allylic oxidation sites excluding steroid dienone is 2. The first-order valence-corrected chi connectivity index (χ1v) is 8.20. The lowest BCUT2D eigenvalue weighted by atomic mass is 9.78. The lowest BCUT2D eigenvalue weighted by Crippen LogP contribution is -2.42. The van der Waals surface area contributed by atoms with Crippen LogP contribution in [0.3, 0.4) is 0 Å². The second-order valence-electron chi connectivity index (χ2n) is 6.99. The van der Waals surface area contributed by atoms with Crippen molar-refractivity contribution >= 4 is 11.9 Å². The van der Waals surface area contributed by atoms with Crippen molar-refractivity contribution in [3.63, 3.8) is 0 Å². The van der Waals surface area contributed by atoms with Crippen LogP contribution in [-0.4, -0.2) is 38.9 Å². The average molecular weight is 338 g/mol. The first kappa shape index (κ1) is 20.4. The van der Waals surface area contributed by atoms with Crippen LogP contribution in [0.15, 0.2) is 23.8 Å². The van der Waals surface area contributed by atoms with Gasteiger partial charge in [-0.25, -0.2) is 0 Å². The fourth-order valence-corrected chi connectivity index (χ4v) is 3.57. The highest BCUT2D eigenvalue weighted by atomic mass is 16.5. The Hall–Kier alpha value is -1.62. The Morgan fingerprint density at radius 2 is 1.79 bits per heavy atom. The third-order valence-corrected chi connectivity index (χ3v) is 5.12. The van der Waals surface area contributed by atoms with E-state index < -0.39 is 23.0 Å². The largest absolute Gasteiger partial charge is 0.468 e. The van der Waals surface area contributed by atoms with Gasteiger partial charge >= 0.3 is 11.9 Å². The van der Waals surface area contributed by atoms with Gasteiger partial charge in [-0.3, -0.25) is 9.59 Å². The molecule has 0 N–H and O–H groups in total. The lowest BCUT2D eigenvalue weighted by molar-refractivity contribution is -0.169. The second-order valence-corrected chi connectivity index (χ2v) is 6.99. The highest BCUT2D eigenvalue weighted by molar-refractivity contribution is 6.01. The molecule has 0 saturated heterocycles. The van der Waals surface area contributed by atoms with Crippen molar-refractivity contribution in [2.45, 2.75) is 52.1 Å². The number of carbonyl (C=O) groups excluding carboxylic acids is 2. The van der Waals surface area contributed by atoms with Gasteiger partial charge in [0, 0.05) is 13.0 Å². The van der Waals surface area contributed by atoms with Gasteiger partial charge < -0.3 is 14.2 Å². The Balaban J connectivity index is 3.11. The van der Waals surface area contributed by atoms with Gasteiger partial charge in [-0.2, -0.15) is 0 Å². The zero-order valence-electron chi connectivity index (χ0n) is 15.7. The first-order chi connectivity index (χ1) is 11.2. The lowest BCUT2D eigenvalue weighted by Gasteiger charge is -2.35. The molecule has 1 aliphatic rings. The zero-order chi connectivity index (χ0) is 18.5. The molecular formula is C19H30O5. The van der Waals surface area contributed by atoms with Gasteiger partial charge in [0.1, 0.15) is 0 Å². The summed E-state index contributed by atoms with van der Waals surface area (Å²) in [5.74, 6) is -1.26. The number of esters is 2. The molecule has 1 fully saturated rings. The maximum Gasteiger partial charge on any atom is 0.323 e. The molecule has 0 bridgehead atoms. The van der Waals surface area contributed by atoms with Crippen LogP contribution < -0.4 is 0 Å². The van der Waals surface area contributed by atoms with E-state index in [2.05, 4.69) is 26.5 Å². The zero-order valence-corrected chi connectivity index (χ0v) is 15.7. The van der Waals surface area contributed by atoms with Gasteiger partial charge in [0.25, 0.3) is 0 Å². The van der Waals surface area contributed by atoms with E-state index in [4.69, 9.17) is 14.2 Å². The fourth-order valence-electron chi connectivity index (χ4n) is 3.57. The molecule has 1 saturated carbocycles. The molecule has 5 heteroatoms. The quantitative estimate of drug-likeness (QED) is 0.404. The van der Waals surface area contributed by atoms with Crippen molar-refractivity contribution in [3.05, 3.63) is 23.8 Å². The number of rotatable bonds is 7. The van der Waals surface area contributed by atoms with E-state index in [1.165, 1.54) is 19.8 Å². The summed E-state index contributed by atoms with van der Waals surface area (Å²) >= 11 is 0. The van der Waals surface area contributed by atoms with Crippen molar-refractivity contribution < 1.29 is 23.8 Å². The summed E-state index contributed by atoms with van der Waals surface area (Å²) in [7, 11) is 4.23. The van der Waals surface area contributed by atoms with Gasteiger partial charge in [-0.1, -0.05) is 23.8 Å². The maximum atomic E-state index is 12.3.